The lowest BCUT2D eigenvalue weighted by atomic mass is 9.96. The summed E-state index contributed by atoms with van der Waals surface area (Å²) in [7, 11) is 3.37. The third-order valence-electron chi connectivity index (χ3n) is 2.80. The second-order valence-corrected chi connectivity index (χ2v) is 4.36. The first-order valence-corrected chi connectivity index (χ1v) is 5.85. The van der Waals surface area contributed by atoms with Gasteiger partial charge < -0.3 is 15.4 Å². The molecule has 1 heterocycles. The second-order valence-electron chi connectivity index (χ2n) is 4.36. The molecule has 7 heteroatoms. The average molecular weight is 256 g/mol. The fraction of sp³-hybridized carbons (Fsp3) is 0.727. The van der Waals surface area contributed by atoms with Gasteiger partial charge in [0.15, 0.2) is 6.23 Å². The first-order valence-electron chi connectivity index (χ1n) is 5.85. The first kappa shape index (κ1) is 14.4. The van der Waals surface area contributed by atoms with E-state index in [4.69, 9.17) is 10.5 Å². The lowest BCUT2D eigenvalue weighted by Gasteiger charge is -2.34. The van der Waals surface area contributed by atoms with Gasteiger partial charge in [-0.2, -0.15) is 10.1 Å². The molecule has 0 fully saturated rings. The molecule has 0 aromatic heterocycles. The van der Waals surface area contributed by atoms with Crippen LogP contribution in [0.25, 0.3) is 0 Å². The van der Waals surface area contributed by atoms with Crippen molar-refractivity contribution in [3.8, 4) is 0 Å². The van der Waals surface area contributed by atoms with Gasteiger partial charge in [0, 0.05) is 32.8 Å². The van der Waals surface area contributed by atoms with Gasteiger partial charge in [-0.1, -0.05) is 0 Å². The van der Waals surface area contributed by atoms with Gasteiger partial charge in [-0.3, -0.25) is 4.79 Å². The van der Waals surface area contributed by atoms with Crippen LogP contribution in [0.15, 0.2) is 5.10 Å². The Morgan fingerprint density at radius 2 is 2.17 bits per heavy atom. The van der Waals surface area contributed by atoms with E-state index in [2.05, 4.69) is 5.10 Å². The van der Waals surface area contributed by atoms with E-state index in [0.717, 1.165) is 5.01 Å². The molecule has 0 unspecified atom stereocenters. The molecule has 0 aromatic carbocycles. The lowest BCUT2D eigenvalue weighted by Crippen LogP contribution is -2.49. The summed E-state index contributed by atoms with van der Waals surface area (Å²) in [6.07, 6.45) is -0.201. The van der Waals surface area contributed by atoms with Crippen LogP contribution in [0, 0.1) is 5.92 Å². The first-order chi connectivity index (χ1) is 8.38. The van der Waals surface area contributed by atoms with E-state index >= 15 is 0 Å². The van der Waals surface area contributed by atoms with Crippen LogP contribution < -0.4 is 5.73 Å². The molecule has 102 valence electrons. The SMILES string of the molecule is CCO[C@H]1C[C@H](C(=O)N(C)C)C(C)=NN1C(N)=O. The smallest absolute Gasteiger partial charge is 0.337 e. The summed E-state index contributed by atoms with van der Waals surface area (Å²) in [5, 5.41) is 5.17. The minimum atomic E-state index is -0.677. The number of carbonyl (C=O) groups excluding carboxylic acids is 2. The van der Waals surface area contributed by atoms with E-state index in [-0.39, 0.29) is 11.8 Å². The summed E-state index contributed by atoms with van der Waals surface area (Å²) in [5.41, 5.74) is 5.81. The van der Waals surface area contributed by atoms with E-state index in [9.17, 15) is 9.59 Å². The maximum atomic E-state index is 12.0. The number of carbonyl (C=O) groups is 2. The van der Waals surface area contributed by atoms with Crippen molar-refractivity contribution < 1.29 is 14.3 Å². The van der Waals surface area contributed by atoms with Crippen LogP contribution in [-0.4, -0.2) is 54.5 Å². The Kier molecular flexibility index (Phi) is 4.66. The zero-order valence-electron chi connectivity index (χ0n) is 11.2. The molecule has 0 aromatic rings. The Bertz CT molecular complexity index is 367. The fourth-order valence-corrected chi connectivity index (χ4v) is 1.89. The number of nitrogens with two attached hydrogens (primary N) is 1. The van der Waals surface area contributed by atoms with Gasteiger partial charge in [-0.25, -0.2) is 4.79 Å². The molecule has 0 spiro atoms. The predicted molar refractivity (Wildman–Crippen MR) is 66.7 cm³/mol. The van der Waals surface area contributed by atoms with E-state index in [0.29, 0.717) is 18.7 Å². The molecule has 0 bridgehead atoms. The molecule has 0 aliphatic carbocycles. The minimum absolute atomic E-state index is 0.0509. The number of hydrazone groups is 1. The van der Waals surface area contributed by atoms with E-state index in [1.165, 1.54) is 4.90 Å². The number of urea groups is 1. The summed E-state index contributed by atoms with van der Waals surface area (Å²) < 4.78 is 5.41. The van der Waals surface area contributed by atoms with Crippen molar-refractivity contribution in [2.45, 2.75) is 26.5 Å². The molecule has 1 aliphatic rings. The molecule has 1 aliphatic heterocycles. The van der Waals surface area contributed by atoms with Gasteiger partial charge in [0.05, 0.1) is 5.92 Å². The molecular formula is C11H20N4O3. The molecular weight excluding hydrogens is 236 g/mol. The van der Waals surface area contributed by atoms with E-state index in [1.807, 2.05) is 6.92 Å². The van der Waals surface area contributed by atoms with Crippen molar-refractivity contribution in [1.29, 1.82) is 0 Å². The maximum absolute atomic E-state index is 12.0. The number of ether oxygens (including phenoxy) is 1. The maximum Gasteiger partial charge on any atom is 0.337 e. The largest absolute Gasteiger partial charge is 0.357 e. The highest BCUT2D eigenvalue weighted by molar-refractivity contribution is 6.03. The Labute approximate surface area is 107 Å². The summed E-state index contributed by atoms with van der Waals surface area (Å²) in [4.78, 5) is 24.8. The molecule has 1 rings (SSSR count). The number of primary amides is 1. The van der Waals surface area contributed by atoms with Crippen LogP contribution >= 0.6 is 0 Å². The van der Waals surface area contributed by atoms with E-state index in [1.54, 1.807) is 21.0 Å². The van der Waals surface area contributed by atoms with Gasteiger partial charge in [0.2, 0.25) is 5.91 Å². The Morgan fingerprint density at radius 3 is 2.61 bits per heavy atom. The average Bonchev–Trinajstić information content (AvgIpc) is 2.29. The van der Waals surface area contributed by atoms with Crippen LogP contribution in [0.3, 0.4) is 0 Å². The van der Waals surface area contributed by atoms with Crippen molar-refractivity contribution in [2.75, 3.05) is 20.7 Å². The van der Waals surface area contributed by atoms with Crippen LogP contribution in [0.5, 0.6) is 0 Å². The summed E-state index contributed by atoms with van der Waals surface area (Å²) in [6.45, 7) is 3.95. The second kappa shape index (κ2) is 5.81. The van der Waals surface area contributed by atoms with Crippen LogP contribution in [-0.2, 0) is 9.53 Å². The molecule has 0 saturated carbocycles. The van der Waals surface area contributed by atoms with Gasteiger partial charge in [-0.05, 0) is 13.8 Å². The molecule has 2 atom stereocenters. The molecule has 3 amide bonds. The van der Waals surface area contributed by atoms with Crippen molar-refractivity contribution in [2.24, 2.45) is 16.8 Å². The fourth-order valence-electron chi connectivity index (χ4n) is 1.89. The van der Waals surface area contributed by atoms with Gasteiger partial charge >= 0.3 is 6.03 Å². The molecule has 18 heavy (non-hydrogen) atoms. The summed E-state index contributed by atoms with van der Waals surface area (Å²) in [5.74, 6) is -0.419. The zero-order valence-corrected chi connectivity index (χ0v) is 11.2. The van der Waals surface area contributed by atoms with Crippen molar-refractivity contribution in [3.05, 3.63) is 0 Å². The topological polar surface area (TPSA) is 88.2 Å². The minimum Gasteiger partial charge on any atom is -0.357 e. The monoisotopic (exact) mass is 256 g/mol. The zero-order chi connectivity index (χ0) is 13.9. The van der Waals surface area contributed by atoms with Crippen molar-refractivity contribution in [1.82, 2.24) is 9.91 Å². The summed E-state index contributed by atoms with van der Waals surface area (Å²) >= 11 is 0. The number of hydrogen-bond donors (Lipinski definition) is 1. The quantitative estimate of drug-likeness (QED) is 0.783. The van der Waals surface area contributed by atoms with Gasteiger partial charge in [0.25, 0.3) is 0 Å². The third-order valence-corrected chi connectivity index (χ3v) is 2.80. The highest BCUT2D eigenvalue weighted by Gasteiger charge is 2.36. The van der Waals surface area contributed by atoms with Crippen molar-refractivity contribution in [3.63, 3.8) is 0 Å². The van der Waals surface area contributed by atoms with Crippen LogP contribution in [0.4, 0.5) is 4.79 Å². The molecule has 2 N–H and O–H groups in total. The Balaban J connectivity index is 2.96. The normalized spacial score (nSPS) is 23.6. The lowest BCUT2D eigenvalue weighted by molar-refractivity contribution is -0.134. The van der Waals surface area contributed by atoms with Crippen LogP contribution in [0.1, 0.15) is 20.3 Å². The molecule has 0 radical (unpaired) electrons. The Hall–Kier alpha value is -1.63. The standard InChI is InChI=1S/C11H20N4O3/c1-5-18-9-6-8(10(16)14(3)4)7(2)13-15(9)11(12)17/h8-9H,5-6H2,1-4H3,(H2,12,17)/t8-,9-/m0/s1. The molecule has 0 saturated heterocycles. The number of rotatable bonds is 3. The highest BCUT2D eigenvalue weighted by Crippen LogP contribution is 2.23. The van der Waals surface area contributed by atoms with Crippen LogP contribution in [0.2, 0.25) is 0 Å². The number of amides is 3. The molecule has 7 nitrogen and oxygen atoms in total. The Morgan fingerprint density at radius 1 is 1.56 bits per heavy atom. The van der Waals surface area contributed by atoms with Gasteiger partial charge in [-0.15, -0.1) is 0 Å². The van der Waals surface area contributed by atoms with Gasteiger partial charge in [0.1, 0.15) is 0 Å². The predicted octanol–water partition coefficient (Wildman–Crippen LogP) is 0.214. The van der Waals surface area contributed by atoms with E-state index < -0.39 is 12.3 Å². The summed E-state index contributed by atoms with van der Waals surface area (Å²) in [6, 6.07) is -0.677. The third kappa shape index (κ3) is 2.98. The van der Waals surface area contributed by atoms with Crippen molar-refractivity contribution >= 4 is 17.6 Å². The number of nitrogens with zero attached hydrogens (tertiary/aromatic N) is 3. The highest BCUT2D eigenvalue weighted by atomic mass is 16.5. The number of hydrogen-bond acceptors (Lipinski definition) is 4.